The lowest BCUT2D eigenvalue weighted by molar-refractivity contribution is 0.652. The Hall–Kier alpha value is -1.61. The van der Waals surface area contributed by atoms with Crippen molar-refractivity contribution in [1.29, 1.82) is 0 Å². The molecule has 1 heterocycles. The molecule has 3 heteroatoms. The maximum atomic E-state index is 4.56. The number of aromatic nitrogens is 2. The van der Waals surface area contributed by atoms with Gasteiger partial charge in [-0.05, 0) is 31.0 Å². The lowest BCUT2D eigenvalue weighted by Crippen LogP contribution is -2.11. The molecule has 0 aliphatic rings. The van der Waals surface area contributed by atoms with Gasteiger partial charge in [0.2, 0.25) is 0 Å². The molecule has 2 rings (SSSR count). The zero-order valence-corrected chi connectivity index (χ0v) is 12.4. The zero-order chi connectivity index (χ0) is 14.0. The van der Waals surface area contributed by atoms with Gasteiger partial charge in [0.1, 0.15) is 0 Å². The highest BCUT2D eigenvalue weighted by molar-refractivity contribution is 5.66. The van der Waals surface area contributed by atoms with Crippen molar-refractivity contribution in [1.82, 2.24) is 15.1 Å². The Bertz CT molecular complexity index is 538. The van der Waals surface area contributed by atoms with Gasteiger partial charge in [0.25, 0.3) is 0 Å². The molecular formula is C16H23N3. The van der Waals surface area contributed by atoms with Crippen molar-refractivity contribution in [3.63, 3.8) is 0 Å². The van der Waals surface area contributed by atoms with E-state index in [4.69, 9.17) is 0 Å². The van der Waals surface area contributed by atoms with Crippen LogP contribution in [0.3, 0.4) is 0 Å². The van der Waals surface area contributed by atoms with Crippen LogP contribution in [0.5, 0.6) is 0 Å². The Labute approximate surface area is 115 Å². The summed E-state index contributed by atoms with van der Waals surface area (Å²) in [6.45, 7) is 6.53. The van der Waals surface area contributed by atoms with Gasteiger partial charge in [-0.15, -0.1) is 0 Å². The smallest absolute Gasteiger partial charge is 0.0728 e. The summed E-state index contributed by atoms with van der Waals surface area (Å²) < 4.78 is 1.90. The van der Waals surface area contributed by atoms with E-state index >= 15 is 0 Å². The van der Waals surface area contributed by atoms with Crippen molar-refractivity contribution in [2.75, 3.05) is 7.05 Å². The minimum Gasteiger partial charge on any atom is -0.313 e. The highest BCUT2D eigenvalue weighted by Crippen LogP contribution is 2.28. The molecule has 0 aliphatic heterocycles. The summed E-state index contributed by atoms with van der Waals surface area (Å²) in [7, 11) is 3.96. The second-order valence-corrected chi connectivity index (χ2v) is 5.39. The summed E-state index contributed by atoms with van der Waals surface area (Å²) in [4.78, 5) is 0. The number of benzene rings is 1. The van der Waals surface area contributed by atoms with E-state index in [9.17, 15) is 0 Å². The molecule has 2 aromatic rings. The maximum absolute atomic E-state index is 4.56. The van der Waals surface area contributed by atoms with Gasteiger partial charge in [-0.25, -0.2) is 0 Å². The van der Waals surface area contributed by atoms with E-state index in [1.165, 1.54) is 16.7 Å². The van der Waals surface area contributed by atoms with E-state index in [1.54, 1.807) is 0 Å². The van der Waals surface area contributed by atoms with Gasteiger partial charge in [-0.2, -0.15) is 5.10 Å². The van der Waals surface area contributed by atoms with Crippen LogP contribution in [0.4, 0.5) is 0 Å². The fourth-order valence-corrected chi connectivity index (χ4v) is 2.27. The SMILES string of the molecule is CNC(C)c1ccc(-c2cn(C)nc2C(C)C)cc1. The predicted octanol–water partition coefficient (Wildman–Crippen LogP) is 3.49. The molecule has 102 valence electrons. The van der Waals surface area contributed by atoms with Gasteiger partial charge in [-0.1, -0.05) is 38.1 Å². The first kappa shape index (κ1) is 13.8. The molecule has 3 nitrogen and oxygen atoms in total. The van der Waals surface area contributed by atoms with E-state index in [2.05, 4.69) is 61.6 Å². The summed E-state index contributed by atoms with van der Waals surface area (Å²) in [6.07, 6.45) is 2.10. The molecule has 1 unspecified atom stereocenters. The number of hydrogen-bond donors (Lipinski definition) is 1. The molecule has 0 aliphatic carbocycles. The van der Waals surface area contributed by atoms with E-state index < -0.39 is 0 Å². The largest absolute Gasteiger partial charge is 0.313 e. The van der Waals surface area contributed by atoms with Crippen LogP contribution in [0, 0.1) is 0 Å². The highest BCUT2D eigenvalue weighted by Gasteiger charge is 2.13. The van der Waals surface area contributed by atoms with Crippen LogP contribution in [0.2, 0.25) is 0 Å². The summed E-state index contributed by atoms with van der Waals surface area (Å²) in [6, 6.07) is 9.13. The van der Waals surface area contributed by atoms with Crippen molar-refractivity contribution < 1.29 is 0 Å². The summed E-state index contributed by atoms with van der Waals surface area (Å²) in [5.74, 6) is 0.437. The first-order valence-electron chi connectivity index (χ1n) is 6.84. The molecule has 1 N–H and O–H groups in total. The topological polar surface area (TPSA) is 29.9 Å². The van der Waals surface area contributed by atoms with E-state index in [-0.39, 0.29) is 0 Å². The number of nitrogens with zero attached hydrogens (tertiary/aromatic N) is 2. The molecule has 1 aromatic carbocycles. The third-order valence-electron chi connectivity index (χ3n) is 3.56. The van der Waals surface area contributed by atoms with Crippen molar-refractivity contribution in [3.8, 4) is 11.1 Å². The third-order valence-corrected chi connectivity index (χ3v) is 3.56. The monoisotopic (exact) mass is 257 g/mol. The standard InChI is InChI=1S/C16H23N3/c1-11(2)16-15(10-19(5)18-16)14-8-6-13(7-9-14)12(3)17-4/h6-12,17H,1-5H3. The lowest BCUT2D eigenvalue weighted by atomic mass is 9.98. The minimum atomic E-state index is 0.382. The Kier molecular flexibility index (Phi) is 4.05. The van der Waals surface area contributed by atoms with Crippen molar-refractivity contribution in [2.45, 2.75) is 32.7 Å². The number of aryl methyl sites for hydroxylation is 1. The molecule has 0 saturated carbocycles. The molecule has 1 aromatic heterocycles. The van der Waals surface area contributed by atoms with Gasteiger partial charge in [0.15, 0.2) is 0 Å². The Morgan fingerprint density at radius 3 is 2.26 bits per heavy atom. The van der Waals surface area contributed by atoms with Crippen molar-refractivity contribution in [3.05, 3.63) is 41.7 Å². The minimum absolute atomic E-state index is 0.382. The molecule has 19 heavy (non-hydrogen) atoms. The summed E-state index contributed by atoms with van der Waals surface area (Å²) >= 11 is 0. The van der Waals surface area contributed by atoms with Gasteiger partial charge in [0.05, 0.1) is 5.69 Å². The number of rotatable bonds is 4. The van der Waals surface area contributed by atoms with Crippen LogP contribution in [0.25, 0.3) is 11.1 Å². The first-order valence-corrected chi connectivity index (χ1v) is 6.84. The van der Waals surface area contributed by atoms with Gasteiger partial charge in [0, 0.05) is 24.8 Å². The van der Waals surface area contributed by atoms with E-state index in [0.717, 1.165) is 5.69 Å². The Balaban J connectivity index is 2.37. The Morgan fingerprint density at radius 1 is 1.11 bits per heavy atom. The van der Waals surface area contributed by atoms with Crippen LogP contribution in [-0.2, 0) is 7.05 Å². The van der Waals surface area contributed by atoms with Crippen LogP contribution < -0.4 is 5.32 Å². The molecule has 0 fully saturated rings. The van der Waals surface area contributed by atoms with E-state index in [1.807, 2.05) is 18.8 Å². The molecule has 0 radical (unpaired) electrons. The lowest BCUT2D eigenvalue weighted by Gasteiger charge is -2.11. The van der Waals surface area contributed by atoms with E-state index in [0.29, 0.717) is 12.0 Å². The Morgan fingerprint density at radius 2 is 1.74 bits per heavy atom. The summed E-state index contributed by atoms with van der Waals surface area (Å²) in [5, 5.41) is 7.82. The predicted molar refractivity (Wildman–Crippen MR) is 80.2 cm³/mol. The van der Waals surface area contributed by atoms with Crippen molar-refractivity contribution >= 4 is 0 Å². The average Bonchev–Trinajstić information content (AvgIpc) is 2.80. The molecule has 0 spiro atoms. The third kappa shape index (κ3) is 2.87. The molecule has 0 bridgehead atoms. The zero-order valence-electron chi connectivity index (χ0n) is 12.4. The van der Waals surface area contributed by atoms with Crippen LogP contribution in [0.1, 0.15) is 44.0 Å². The molecule has 1 atom stereocenters. The number of nitrogens with one attached hydrogen (secondary N) is 1. The maximum Gasteiger partial charge on any atom is 0.0728 e. The molecular weight excluding hydrogens is 234 g/mol. The first-order chi connectivity index (χ1) is 9.02. The molecule has 0 amide bonds. The summed E-state index contributed by atoms with van der Waals surface area (Å²) in [5.41, 5.74) is 4.95. The van der Waals surface area contributed by atoms with Gasteiger partial charge >= 0.3 is 0 Å². The molecule has 0 saturated heterocycles. The second kappa shape index (κ2) is 5.57. The van der Waals surface area contributed by atoms with Gasteiger partial charge in [-0.3, -0.25) is 4.68 Å². The van der Waals surface area contributed by atoms with Crippen molar-refractivity contribution in [2.24, 2.45) is 7.05 Å². The second-order valence-electron chi connectivity index (χ2n) is 5.39. The highest BCUT2D eigenvalue weighted by atomic mass is 15.3. The normalized spacial score (nSPS) is 12.9. The van der Waals surface area contributed by atoms with Crippen LogP contribution >= 0.6 is 0 Å². The van der Waals surface area contributed by atoms with Crippen LogP contribution in [0.15, 0.2) is 30.5 Å². The average molecular weight is 257 g/mol. The number of hydrogen-bond acceptors (Lipinski definition) is 2. The fourth-order valence-electron chi connectivity index (χ4n) is 2.27. The van der Waals surface area contributed by atoms with Gasteiger partial charge < -0.3 is 5.32 Å². The quantitative estimate of drug-likeness (QED) is 0.908. The fraction of sp³-hybridized carbons (Fsp3) is 0.438. The van der Waals surface area contributed by atoms with Crippen LogP contribution in [-0.4, -0.2) is 16.8 Å².